The van der Waals surface area contributed by atoms with E-state index >= 15 is 0 Å². The predicted molar refractivity (Wildman–Crippen MR) is 96.0 cm³/mol. The van der Waals surface area contributed by atoms with E-state index in [4.69, 9.17) is 0 Å². The van der Waals surface area contributed by atoms with E-state index in [1.54, 1.807) is 5.56 Å². The maximum Gasteiger partial charge on any atom is 0.0941 e. The third-order valence-corrected chi connectivity index (χ3v) is 7.83. The molecule has 0 saturated heterocycles. The van der Waals surface area contributed by atoms with Crippen molar-refractivity contribution in [3.63, 3.8) is 0 Å². The second kappa shape index (κ2) is 4.66. The molecule has 0 amide bonds. The van der Waals surface area contributed by atoms with Crippen LogP contribution >= 0.6 is 0 Å². The van der Waals surface area contributed by atoms with Crippen molar-refractivity contribution in [1.82, 2.24) is 4.98 Å². The topological polar surface area (TPSA) is 36.0 Å². The standard InChI is InChI=1S/C22H27NO/c24-20-3-1-2-17-18-9-16(4-5-19(18)23-21(17)20)22-10-13-6-14(11-22)8-15(7-13)12-22/h4-5,9,13-15,20,23-24H,1-3,6-8,10-12H2/t13?,14?,15?,20-,22?/m1/s1. The molecule has 1 aromatic heterocycles. The highest BCUT2D eigenvalue weighted by molar-refractivity contribution is 5.86. The van der Waals surface area contributed by atoms with Crippen molar-refractivity contribution in [2.24, 2.45) is 17.8 Å². The van der Waals surface area contributed by atoms with Crippen LogP contribution in [0.3, 0.4) is 0 Å². The fourth-order valence-electron chi connectivity index (χ4n) is 7.23. The Morgan fingerprint density at radius 1 is 1.00 bits per heavy atom. The SMILES string of the molecule is O[C@@H]1CCCc2c1[nH]c1ccc(C34CC5CC(CC(C5)C3)C4)cc21. The maximum absolute atomic E-state index is 10.3. The van der Waals surface area contributed by atoms with Gasteiger partial charge in [-0.05, 0) is 104 Å². The Hall–Kier alpha value is -1.28. The van der Waals surface area contributed by atoms with Crippen molar-refractivity contribution >= 4 is 10.9 Å². The van der Waals surface area contributed by atoms with Crippen LogP contribution in [0.5, 0.6) is 0 Å². The zero-order chi connectivity index (χ0) is 15.9. The van der Waals surface area contributed by atoms with Crippen LogP contribution in [0.4, 0.5) is 0 Å². The van der Waals surface area contributed by atoms with Gasteiger partial charge in [-0.3, -0.25) is 0 Å². The first-order valence-corrected chi connectivity index (χ1v) is 10.0. The quantitative estimate of drug-likeness (QED) is 0.761. The number of H-pyrrole nitrogens is 1. The molecule has 4 saturated carbocycles. The van der Waals surface area contributed by atoms with Crippen LogP contribution in [0.2, 0.25) is 0 Å². The fraction of sp³-hybridized carbons (Fsp3) is 0.636. The van der Waals surface area contributed by atoms with Crippen LogP contribution in [0.25, 0.3) is 10.9 Å². The molecule has 1 atom stereocenters. The molecule has 5 aliphatic rings. The van der Waals surface area contributed by atoms with Gasteiger partial charge < -0.3 is 10.1 Å². The lowest BCUT2D eigenvalue weighted by Gasteiger charge is -2.57. The van der Waals surface area contributed by atoms with Crippen LogP contribution in [0.15, 0.2) is 18.2 Å². The molecule has 7 rings (SSSR count). The van der Waals surface area contributed by atoms with Crippen molar-refractivity contribution in [3.8, 4) is 0 Å². The molecule has 2 nitrogen and oxygen atoms in total. The number of hydrogen-bond donors (Lipinski definition) is 2. The van der Waals surface area contributed by atoms with Gasteiger partial charge >= 0.3 is 0 Å². The van der Waals surface area contributed by atoms with Crippen molar-refractivity contribution in [3.05, 3.63) is 35.0 Å². The third-order valence-electron chi connectivity index (χ3n) is 7.83. The highest BCUT2D eigenvalue weighted by atomic mass is 16.3. The Morgan fingerprint density at radius 3 is 2.42 bits per heavy atom. The lowest BCUT2D eigenvalue weighted by Crippen LogP contribution is -2.48. The molecule has 1 heterocycles. The smallest absolute Gasteiger partial charge is 0.0941 e. The number of aliphatic hydroxyl groups excluding tert-OH is 1. The van der Waals surface area contributed by atoms with E-state index < -0.39 is 0 Å². The van der Waals surface area contributed by atoms with Gasteiger partial charge in [0.1, 0.15) is 0 Å². The molecule has 4 bridgehead atoms. The van der Waals surface area contributed by atoms with Gasteiger partial charge in [0.15, 0.2) is 0 Å². The molecule has 126 valence electrons. The number of aromatic amines is 1. The van der Waals surface area contributed by atoms with E-state index in [1.165, 1.54) is 55.0 Å². The average molecular weight is 321 g/mol. The lowest BCUT2D eigenvalue weighted by molar-refractivity contribution is -0.00513. The zero-order valence-electron chi connectivity index (χ0n) is 14.4. The van der Waals surface area contributed by atoms with Crippen LogP contribution in [-0.4, -0.2) is 10.1 Å². The van der Waals surface area contributed by atoms with Crippen LogP contribution in [0.1, 0.15) is 74.3 Å². The summed E-state index contributed by atoms with van der Waals surface area (Å²) in [6, 6.07) is 7.22. The molecule has 2 aromatic rings. The van der Waals surface area contributed by atoms with Gasteiger partial charge in [-0.15, -0.1) is 0 Å². The fourth-order valence-corrected chi connectivity index (χ4v) is 7.23. The Kier molecular flexibility index (Phi) is 2.71. The molecule has 0 spiro atoms. The van der Waals surface area contributed by atoms with E-state index in [2.05, 4.69) is 23.2 Å². The van der Waals surface area contributed by atoms with E-state index in [1.807, 2.05) is 0 Å². The third kappa shape index (κ3) is 1.81. The van der Waals surface area contributed by atoms with Gasteiger partial charge in [-0.1, -0.05) is 6.07 Å². The molecule has 1 aromatic carbocycles. The number of aliphatic hydroxyl groups is 1. The molecular weight excluding hydrogens is 294 g/mol. The molecule has 0 aliphatic heterocycles. The maximum atomic E-state index is 10.3. The van der Waals surface area contributed by atoms with Crippen LogP contribution < -0.4 is 0 Å². The number of hydrogen-bond acceptors (Lipinski definition) is 1. The number of fused-ring (bicyclic) bond motifs is 3. The van der Waals surface area contributed by atoms with Gasteiger partial charge in [0.05, 0.1) is 6.10 Å². The minimum absolute atomic E-state index is 0.288. The Balaban J connectivity index is 1.49. The molecule has 0 radical (unpaired) electrons. The highest BCUT2D eigenvalue weighted by Gasteiger charge is 2.51. The summed E-state index contributed by atoms with van der Waals surface area (Å²) in [7, 11) is 0. The first-order chi connectivity index (χ1) is 11.7. The molecule has 24 heavy (non-hydrogen) atoms. The number of nitrogens with one attached hydrogen (secondary N) is 1. The van der Waals surface area contributed by atoms with Crippen LogP contribution in [0, 0.1) is 17.8 Å². The van der Waals surface area contributed by atoms with Gasteiger partial charge in [-0.25, -0.2) is 0 Å². The monoisotopic (exact) mass is 321 g/mol. The van der Waals surface area contributed by atoms with Gasteiger partial charge in [0.2, 0.25) is 0 Å². The van der Waals surface area contributed by atoms with Crippen molar-refractivity contribution in [1.29, 1.82) is 0 Å². The first-order valence-electron chi connectivity index (χ1n) is 10.0. The summed E-state index contributed by atoms with van der Waals surface area (Å²) < 4.78 is 0. The molecule has 2 N–H and O–H groups in total. The number of aryl methyl sites for hydroxylation is 1. The molecule has 2 heteroatoms. The van der Waals surface area contributed by atoms with E-state index in [0.717, 1.165) is 42.7 Å². The summed E-state index contributed by atoms with van der Waals surface area (Å²) in [6.45, 7) is 0. The van der Waals surface area contributed by atoms with E-state index in [-0.39, 0.29) is 6.10 Å². The summed E-state index contributed by atoms with van der Waals surface area (Å²) in [4.78, 5) is 3.52. The van der Waals surface area contributed by atoms with Gasteiger partial charge in [0, 0.05) is 16.6 Å². The number of rotatable bonds is 1. The summed E-state index contributed by atoms with van der Waals surface area (Å²) in [5.74, 6) is 2.98. The largest absolute Gasteiger partial charge is 0.387 e. The first kappa shape index (κ1) is 13.9. The van der Waals surface area contributed by atoms with Gasteiger partial charge in [-0.2, -0.15) is 0 Å². The summed E-state index contributed by atoms with van der Waals surface area (Å²) in [5, 5.41) is 11.7. The number of benzene rings is 1. The molecule has 4 fully saturated rings. The minimum Gasteiger partial charge on any atom is -0.387 e. The second-order valence-corrected chi connectivity index (χ2v) is 9.38. The highest BCUT2D eigenvalue weighted by Crippen LogP contribution is 2.61. The minimum atomic E-state index is -0.288. The second-order valence-electron chi connectivity index (χ2n) is 9.38. The Labute approximate surface area is 143 Å². The van der Waals surface area contributed by atoms with Gasteiger partial charge in [0.25, 0.3) is 0 Å². The van der Waals surface area contributed by atoms with Crippen molar-refractivity contribution in [2.75, 3.05) is 0 Å². The number of aromatic nitrogens is 1. The summed E-state index contributed by atoms with van der Waals surface area (Å²) in [6.07, 6.45) is 11.7. The Morgan fingerprint density at radius 2 is 1.71 bits per heavy atom. The van der Waals surface area contributed by atoms with Crippen molar-refractivity contribution in [2.45, 2.75) is 69.3 Å². The zero-order valence-corrected chi connectivity index (χ0v) is 14.4. The Bertz CT molecular complexity index is 781. The summed E-state index contributed by atoms with van der Waals surface area (Å²) >= 11 is 0. The predicted octanol–water partition coefficient (Wildman–Crippen LogP) is 5.01. The molecular formula is C22H27NO. The lowest BCUT2D eigenvalue weighted by atomic mass is 9.48. The summed E-state index contributed by atoms with van der Waals surface area (Å²) in [5.41, 5.74) is 5.81. The van der Waals surface area contributed by atoms with E-state index in [0.29, 0.717) is 5.41 Å². The molecule has 5 aliphatic carbocycles. The van der Waals surface area contributed by atoms with Crippen molar-refractivity contribution < 1.29 is 5.11 Å². The normalized spacial score (nSPS) is 40.2. The van der Waals surface area contributed by atoms with E-state index in [9.17, 15) is 5.11 Å². The average Bonchev–Trinajstić information content (AvgIpc) is 2.93. The molecule has 0 unspecified atom stereocenters. The van der Waals surface area contributed by atoms with Crippen LogP contribution in [-0.2, 0) is 11.8 Å².